The van der Waals surface area contributed by atoms with Gasteiger partial charge in [0.1, 0.15) is 0 Å². The summed E-state index contributed by atoms with van der Waals surface area (Å²) in [7, 11) is 0. The SMILES string of the molecule is CCNC(=NCC(C)(CC)CO)NCC1CCCS1.I. The van der Waals surface area contributed by atoms with Crippen molar-refractivity contribution in [3.8, 4) is 0 Å². The average Bonchev–Trinajstić information content (AvgIpc) is 2.95. The van der Waals surface area contributed by atoms with Crippen molar-refractivity contribution >= 4 is 41.7 Å². The van der Waals surface area contributed by atoms with Crippen LogP contribution in [0.4, 0.5) is 0 Å². The first kappa shape index (κ1) is 20.3. The highest BCUT2D eigenvalue weighted by atomic mass is 127. The second kappa shape index (κ2) is 11.0. The third kappa shape index (κ3) is 7.36. The number of aliphatic hydroxyl groups is 1. The first-order valence-corrected chi connectivity index (χ1v) is 8.43. The van der Waals surface area contributed by atoms with Gasteiger partial charge in [0.2, 0.25) is 0 Å². The molecule has 1 aliphatic heterocycles. The summed E-state index contributed by atoms with van der Waals surface area (Å²) in [5, 5.41) is 16.8. The fraction of sp³-hybridized carbons (Fsp3) is 0.929. The highest BCUT2D eigenvalue weighted by Gasteiger charge is 2.21. The first-order chi connectivity index (χ1) is 9.13. The Labute approximate surface area is 145 Å². The van der Waals surface area contributed by atoms with E-state index < -0.39 is 0 Å². The zero-order chi connectivity index (χ0) is 14.1. The lowest BCUT2D eigenvalue weighted by molar-refractivity contribution is 0.145. The fourth-order valence-corrected chi connectivity index (χ4v) is 3.10. The van der Waals surface area contributed by atoms with E-state index in [4.69, 9.17) is 0 Å². The van der Waals surface area contributed by atoms with Gasteiger partial charge in [0.15, 0.2) is 5.96 Å². The summed E-state index contributed by atoms with van der Waals surface area (Å²) in [5.74, 6) is 2.17. The standard InChI is InChI=1S/C14H29N3OS.HI/c1-4-14(3,11-18)10-17-13(15-5-2)16-9-12-7-6-8-19-12;/h12,18H,4-11H2,1-3H3,(H2,15,16,17);1H. The Morgan fingerprint density at radius 2 is 2.15 bits per heavy atom. The smallest absolute Gasteiger partial charge is 0.191 e. The molecule has 120 valence electrons. The first-order valence-electron chi connectivity index (χ1n) is 7.38. The van der Waals surface area contributed by atoms with Crippen molar-refractivity contribution in [2.45, 2.75) is 45.3 Å². The third-order valence-corrected chi connectivity index (χ3v) is 5.12. The summed E-state index contributed by atoms with van der Waals surface area (Å²) >= 11 is 2.05. The predicted molar refractivity (Wildman–Crippen MR) is 100 cm³/mol. The lowest BCUT2D eigenvalue weighted by Crippen LogP contribution is -2.41. The third-order valence-electron chi connectivity index (χ3n) is 3.72. The molecule has 1 rings (SSSR count). The minimum Gasteiger partial charge on any atom is -0.396 e. The molecule has 1 fully saturated rings. The van der Waals surface area contributed by atoms with Gasteiger partial charge < -0.3 is 15.7 Å². The van der Waals surface area contributed by atoms with Crippen LogP contribution in [0.5, 0.6) is 0 Å². The molecule has 20 heavy (non-hydrogen) atoms. The van der Waals surface area contributed by atoms with Crippen molar-refractivity contribution in [3.05, 3.63) is 0 Å². The van der Waals surface area contributed by atoms with Gasteiger partial charge in [-0.15, -0.1) is 24.0 Å². The molecule has 2 atom stereocenters. The highest BCUT2D eigenvalue weighted by Crippen LogP contribution is 2.25. The van der Waals surface area contributed by atoms with E-state index >= 15 is 0 Å². The van der Waals surface area contributed by atoms with E-state index in [9.17, 15) is 5.11 Å². The van der Waals surface area contributed by atoms with Gasteiger partial charge in [-0.1, -0.05) is 13.8 Å². The molecule has 0 amide bonds. The van der Waals surface area contributed by atoms with Crippen LogP contribution >= 0.6 is 35.7 Å². The molecule has 0 bridgehead atoms. The second-order valence-corrected chi connectivity index (χ2v) is 6.94. The van der Waals surface area contributed by atoms with Crippen molar-refractivity contribution in [2.24, 2.45) is 10.4 Å². The summed E-state index contributed by atoms with van der Waals surface area (Å²) in [6, 6.07) is 0. The van der Waals surface area contributed by atoms with E-state index in [1.807, 2.05) is 11.8 Å². The molecular formula is C14H30IN3OS. The van der Waals surface area contributed by atoms with Gasteiger partial charge in [0, 0.05) is 23.8 Å². The van der Waals surface area contributed by atoms with E-state index in [0.717, 1.165) is 30.7 Å². The zero-order valence-corrected chi connectivity index (χ0v) is 16.1. The van der Waals surface area contributed by atoms with Gasteiger partial charge in [-0.2, -0.15) is 11.8 Å². The Hall–Kier alpha value is 0.310. The minimum atomic E-state index is -0.107. The lowest BCUT2D eigenvalue weighted by atomic mass is 9.89. The summed E-state index contributed by atoms with van der Waals surface area (Å²) in [6.07, 6.45) is 3.58. The summed E-state index contributed by atoms with van der Waals surface area (Å²) in [5.41, 5.74) is -0.107. The number of hydrogen-bond acceptors (Lipinski definition) is 3. The van der Waals surface area contributed by atoms with Gasteiger partial charge in [-0.25, -0.2) is 0 Å². The van der Waals surface area contributed by atoms with E-state index in [0.29, 0.717) is 6.54 Å². The molecule has 1 heterocycles. The van der Waals surface area contributed by atoms with Crippen molar-refractivity contribution in [1.82, 2.24) is 10.6 Å². The van der Waals surface area contributed by atoms with Crippen molar-refractivity contribution in [1.29, 1.82) is 0 Å². The van der Waals surface area contributed by atoms with Crippen LogP contribution in [0.1, 0.15) is 40.0 Å². The molecule has 4 nitrogen and oxygen atoms in total. The molecule has 2 unspecified atom stereocenters. The second-order valence-electron chi connectivity index (χ2n) is 5.53. The molecule has 6 heteroatoms. The molecule has 0 aromatic rings. The Balaban J connectivity index is 0.00000361. The number of nitrogens with zero attached hydrogens (tertiary/aromatic N) is 1. The number of hydrogen-bond donors (Lipinski definition) is 3. The number of rotatable bonds is 7. The normalized spacial score (nSPS) is 22.0. The number of aliphatic imine (C=N–C) groups is 1. The maximum Gasteiger partial charge on any atom is 0.191 e. The Bertz CT molecular complexity index is 280. The van der Waals surface area contributed by atoms with Gasteiger partial charge in [-0.3, -0.25) is 4.99 Å². The summed E-state index contributed by atoms with van der Waals surface area (Å²) in [6.45, 7) is 8.95. The number of guanidine groups is 1. The molecular weight excluding hydrogens is 385 g/mol. The molecule has 0 saturated carbocycles. The van der Waals surface area contributed by atoms with Crippen LogP contribution in [0.3, 0.4) is 0 Å². The minimum absolute atomic E-state index is 0. The number of halogens is 1. The predicted octanol–water partition coefficient (Wildman–Crippen LogP) is 2.46. The fourth-order valence-electron chi connectivity index (χ4n) is 1.90. The van der Waals surface area contributed by atoms with Crippen LogP contribution in [0.25, 0.3) is 0 Å². The van der Waals surface area contributed by atoms with Gasteiger partial charge >= 0.3 is 0 Å². The molecule has 3 N–H and O–H groups in total. The maximum absolute atomic E-state index is 9.42. The summed E-state index contributed by atoms with van der Waals surface area (Å²) in [4.78, 5) is 4.61. The van der Waals surface area contributed by atoms with Crippen LogP contribution in [0.15, 0.2) is 4.99 Å². The molecule has 1 aliphatic rings. The Morgan fingerprint density at radius 3 is 2.65 bits per heavy atom. The molecule has 0 aromatic carbocycles. The van der Waals surface area contributed by atoms with E-state index in [1.54, 1.807) is 0 Å². The van der Waals surface area contributed by atoms with E-state index in [1.165, 1.54) is 18.6 Å². The van der Waals surface area contributed by atoms with Gasteiger partial charge in [0.25, 0.3) is 0 Å². The van der Waals surface area contributed by atoms with Crippen LogP contribution in [-0.4, -0.2) is 48.3 Å². The average molecular weight is 415 g/mol. The van der Waals surface area contributed by atoms with Crippen LogP contribution in [0, 0.1) is 5.41 Å². The lowest BCUT2D eigenvalue weighted by Gasteiger charge is -2.24. The van der Waals surface area contributed by atoms with E-state index in [2.05, 4.69) is 36.4 Å². The quantitative estimate of drug-likeness (QED) is 0.340. The molecule has 0 spiro atoms. The van der Waals surface area contributed by atoms with Crippen molar-refractivity contribution in [3.63, 3.8) is 0 Å². The maximum atomic E-state index is 9.42. The van der Waals surface area contributed by atoms with E-state index in [-0.39, 0.29) is 36.0 Å². The topological polar surface area (TPSA) is 56.7 Å². The molecule has 0 aliphatic carbocycles. The van der Waals surface area contributed by atoms with Crippen molar-refractivity contribution in [2.75, 3.05) is 32.0 Å². The molecule has 1 saturated heterocycles. The summed E-state index contributed by atoms with van der Waals surface area (Å²) < 4.78 is 0. The van der Waals surface area contributed by atoms with Crippen LogP contribution < -0.4 is 10.6 Å². The van der Waals surface area contributed by atoms with Gasteiger partial charge in [0.05, 0.1) is 13.2 Å². The van der Waals surface area contributed by atoms with Crippen LogP contribution in [-0.2, 0) is 0 Å². The number of thioether (sulfide) groups is 1. The highest BCUT2D eigenvalue weighted by molar-refractivity contribution is 14.0. The number of nitrogens with one attached hydrogen (secondary N) is 2. The van der Waals surface area contributed by atoms with Crippen molar-refractivity contribution < 1.29 is 5.11 Å². The number of aliphatic hydroxyl groups excluding tert-OH is 1. The largest absolute Gasteiger partial charge is 0.396 e. The monoisotopic (exact) mass is 415 g/mol. The zero-order valence-electron chi connectivity index (χ0n) is 12.9. The Morgan fingerprint density at radius 1 is 1.40 bits per heavy atom. The Kier molecular flexibility index (Phi) is 11.1. The molecule has 0 aromatic heterocycles. The van der Waals surface area contributed by atoms with Gasteiger partial charge in [-0.05, 0) is 31.9 Å². The molecule has 0 radical (unpaired) electrons. The van der Waals surface area contributed by atoms with Crippen LogP contribution in [0.2, 0.25) is 0 Å².